The topological polar surface area (TPSA) is 3.24 Å². The predicted octanol–water partition coefficient (Wildman–Crippen LogP) is 5.39. The van der Waals surface area contributed by atoms with Crippen molar-refractivity contribution in [1.29, 1.82) is 0 Å². The summed E-state index contributed by atoms with van der Waals surface area (Å²) in [4.78, 5) is 2.47. The largest absolute Gasteiger partial charge is 0.367 e. The first-order chi connectivity index (χ1) is 10.8. The van der Waals surface area contributed by atoms with Crippen molar-refractivity contribution >= 4 is 5.69 Å². The van der Waals surface area contributed by atoms with Crippen molar-refractivity contribution in [1.82, 2.24) is 0 Å². The molecule has 114 valence electrons. The molecular formula is C21H25N. The summed E-state index contributed by atoms with van der Waals surface area (Å²) in [7, 11) is 0. The first-order valence-electron chi connectivity index (χ1n) is 7.93. The standard InChI is InChI=1S/C21H25N/c1-3-5-11-17-22(18-19-13-7-6-8-14-19)21-16-10-9-15-20(21)12-4-2/h3-4,6-10,13-16H,1-2,5,11-12,17-18H2. The van der Waals surface area contributed by atoms with E-state index < -0.39 is 0 Å². The summed E-state index contributed by atoms with van der Waals surface area (Å²) in [5, 5.41) is 0. The van der Waals surface area contributed by atoms with Crippen LogP contribution >= 0.6 is 0 Å². The Labute approximate surface area is 134 Å². The molecule has 22 heavy (non-hydrogen) atoms. The zero-order valence-electron chi connectivity index (χ0n) is 13.2. The molecule has 2 aromatic carbocycles. The maximum atomic E-state index is 3.88. The zero-order valence-corrected chi connectivity index (χ0v) is 13.2. The third-order valence-electron chi connectivity index (χ3n) is 3.75. The Morgan fingerprint density at radius 3 is 2.32 bits per heavy atom. The molecule has 0 N–H and O–H groups in total. The lowest BCUT2D eigenvalue weighted by molar-refractivity contribution is 0.735. The molecule has 0 atom stereocenters. The molecule has 2 aromatic rings. The predicted molar refractivity (Wildman–Crippen MR) is 97.3 cm³/mol. The Hall–Kier alpha value is -2.28. The van der Waals surface area contributed by atoms with Gasteiger partial charge in [-0.25, -0.2) is 0 Å². The minimum atomic E-state index is 0.906. The summed E-state index contributed by atoms with van der Waals surface area (Å²) in [5.41, 5.74) is 4.00. The molecular weight excluding hydrogens is 266 g/mol. The van der Waals surface area contributed by atoms with E-state index in [2.05, 4.69) is 72.7 Å². The van der Waals surface area contributed by atoms with E-state index in [0.717, 1.165) is 32.4 Å². The van der Waals surface area contributed by atoms with Gasteiger partial charge in [-0.2, -0.15) is 0 Å². The number of hydrogen-bond donors (Lipinski definition) is 0. The van der Waals surface area contributed by atoms with Gasteiger partial charge in [-0.15, -0.1) is 13.2 Å². The molecule has 0 spiro atoms. The first kappa shape index (κ1) is 16.1. The fourth-order valence-corrected chi connectivity index (χ4v) is 2.66. The van der Waals surface area contributed by atoms with Crippen LogP contribution in [0.5, 0.6) is 0 Å². The summed E-state index contributed by atoms with van der Waals surface area (Å²) in [6.07, 6.45) is 7.05. The average molecular weight is 291 g/mol. The quantitative estimate of drug-likeness (QED) is 0.442. The van der Waals surface area contributed by atoms with Gasteiger partial charge < -0.3 is 4.90 Å². The van der Waals surface area contributed by atoms with Crippen LogP contribution in [0.4, 0.5) is 5.69 Å². The highest BCUT2D eigenvalue weighted by Crippen LogP contribution is 2.24. The Kier molecular flexibility index (Phi) is 6.50. The van der Waals surface area contributed by atoms with Crippen LogP contribution in [0, 0.1) is 0 Å². The molecule has 1 heteroatoms. The van der Waals surface area contributed by atoms with Gasteiger partial charge in [0, 0.05) is 18.8 Å². The minimum Gasteiger partial charge on any atom is -0.367 e. The number of nitrogens with zero attached hydrogens (tertiary/aromatic N) is 1. The molecule has 0 radical (unpaired) electrons. The van der Waals surface area contributed by atoms with Crippen molar-refractivity contribution in [2.75, 3.05) is 11.4 Å². The number of benzene rings is 2. The third kappa shape index (κ3) is 4.63. The highest BCUT2D eigenvalue weighted by Gasteiger charge is 2.10. The second kappa shape index (κ2) is 8.89. The van der Waals surface area contributed by atoms with Gasteiger partial charge in [-0.3, -0.25) is 0 Å². The number of hydrogen-bond acceptors (Lipinski definition) is 1. The van der Waals surface area contributed by atoms with Crippen molar-refractivity contribution in [2.24, 2.45) is 0 Å². The van der Waals surface area contributed by atoms with Crippen molar-refractivity contribution < 1.29 is 0 Å². The van der Waals surface area contributed by atoms with Crippen LogP contribution in [0.1, 0.15) is 24.0 Å². The molecule has 0 aliphatic heterocycles. The average Bonchev–Trinajstić information content (AvgIpc) is 2.56. The molecule has 0 aliphatic rings. The molecule has 0 saturated carbocycles. The summed E-state index contributed by atoms with van der Waals surface area (Å²) < 4.78 is 0. The van der Waals surface area contributed by atoms with Crippen LogP contribution in [0.2, 0.25) is 0 Å². The zero-order chi connectivity index (χ0) is 15.6. The molecule has 0 heterocycles. The van der Waals surface area contributed by atoms with Gasteiger partial charge >= 0.3 is 0 Å². The normalized spacial score (nSPS) is 10.2. The molecule has 0 aromatic heterocycles. The lowest BCUT2D eigenvalue weighted by Crippen LogP contribution is -2.25. The molecule has 0 aliphatic carbocycles. The molecule has 0 amide bonds. The molecule has 2 rings (SSSR count). The Morgan fingerprint density at radius 1 is 0.864 bits per heavy atom. The van der Waals surface area contributed by atoms with Crippen molar-refractivity contribution in [2.45, 2.75) is 25.8 Å². The SMILES string of the molecule is C=CCCCN(Cc1ccccc1)c1ccccc1CC=C. The summed E-state index contributed by atoms with van der Waals surface area (Å²) in [6.45, 7) is 9.69. The molecule has 0 saturated heterocycles. The fourth-order valence-electron chi connectivity index (χ4n) is 2.66. The number of para-hydroxylation sites is 1. The number of rotatable bonds is 9. The minimum absolute atomic E-state index is 0.906. The van der Waals surface area contributed by atoms with E-state index in [1.54, 1.807) is 0 Å². The molecule has 0 fully saturated rings. The van der Waals surface area contributed by atoms with E-state index in [4.69, 9.17) is 0 Å². The van der Waals surface area contributed by atoms with E-state index in [1.165, 1.54) is 16.8 Å². The highest BCUT2D eigenvalue weighted by atomic mass is 15.1. The Bertz CT molecular complexity index is 586. The monoisotopic (exact) mass is 291 g/mol. The lowest BCUT2D eigenvalue weighted by atomic mass is 10.1. The van der Waals surface area contributed by atoms with Crippen LogP contribution < -0.4 is 4.90 Å². The van der Waals surface area contributed by atoms with Gasteiger partial charge in [0.2, 0.25) is 0 Å². The van der Waals surface area contributed by atoms with Gasteiger partial charge in [-0.05, 0) is 36.5 Å². The van der Waals surface area contributed by atoms with E-state index in [0.29, 0.717) is 0 Å². The van der Waals surface area contributed by atoms with Crippen molar-refractivity contribution in [3.05, 3.63) is 91.0 Å². The van der Waals surface area contributed by atoms with Crippen LogP contribution in [0.3, 0.4) is 0 Å². The lowest BCUT2D eigenvalue weighted by Gasteiger charge is -2.27. The number of allylic oxidation sites excluding steroid dienone is 2. The van der Waals surface area contributed by atoms with Gasteiger partial charge in [0.15, 0.2) is 0 Å². The summed E-state index contributed by atoms with van der Waals surface area (Å²) in [5.74, 6) is 0. The molecule has 1 nitrogen and oxygen atoms in total. The molecule has 0 bridgehead atoms. The van der Waals surface area contributed by atoms with Gasteiger partial charge in [-0.1, -0.05) is 60.7 Å². The van der Waals surface area contributed by atoms with Crippen LogP contribution in [0.15, 0.2) is 79.9 Å². The van der Waals surface area contributed by atoms with Gasteiger partial charge in [0.25, 0.3) is 0 Å². The van der Waals surface area contributed by atoms with Crippen molar-refractivity contribution in [3.8, 4) is 0 Å². The van der Waals surface area contributed by atoms with E-state index in [1.807, 2.05) is 12.2 Å². The second-order valence-corrected chi connectivity index (χ2v) is 5.46. The van der Waals surface area contributed by atoms with Crippen LogP contribution in [-0.2, 0) is 13.0 Å². The third-order valence-corrected chi connectivity index (χ3v) is 3.75. The van der Waals surface area contributed by atoms with Crippen LogP contribution in [-0.4, -0.2) is 6.54 Å². The fraction of sp³-hybridized carbons (Fsp3) is 0.238. The van der Waals surface area contributed by atoms with E-state index in [9.17, 15) is 0 Å². The van der Waals surface area contributed by atoms with Crippen LogP contribution in [0.25, 0.3) is 0 Å². The first-order valence-corrected chi connectivity index (χ1v) is 7.93. The maximum absolute atomic E-state index is 3.88. The summed E-state index contributed by atoms with van der Waals surface area (Å²) >= 11 is 0. The smallest absolute Gasteiger partial charge is 0.0429 e. The van der Waals surface area contributed by atoms with E-state index >= 15 is 0 Å². The second-order valence-electron chi connectivity index (χ2n) is 5.46. The number of anilines is 1. The highest BCUT2D eigenvalue weighted by molar-refractivity contribution is 5.54. The maximum Gasteiger partial charge on any atom is 0.0429 e. The van der Waals surface area contributed by atoms with E-state index in [-0.39, 0.29) is 0 Å². The molecule has 0 unspecified atom stereocenters. The van der Waals surface area contributed by atoms with Crippen molar-refractivity contribution in [3.63, 3.8) is 0 Å². The number of unbranched alkanes of at least 4 members (excludes halogenated alkanes) is 1. The Morgan fingerprint density at radius 2 is 1.59 bits per heavy atom. The Balaban J connectivity index is 2.23. The summed E-state index contributed by atoms with van der Waals surface area (Å²) in [6, 6.07) is 19.3. The van der Waals surface area contributed by atoms with Gasteiger partial charge in [0.1, 0.15) is 0 Å². The van der Waals surface area contributed by atoms with Gasteiger partial charge in [0.05, 0.1) is 0 Å².